The summed E-state index contributed by atoms with van der Waals surface area (Å²) < 4.78 is 5.43. The topological polar surface area (TPSA) is 46.3 Å². The van der Waals surface area contributed by atoms with Crippen molar-refractivity contribution in [3.63, 3.8) is 0 Å². The summed E-state index contributed by atoms with van der Waals surface area (Å²) in [6.07, 6.45) is 2.61. The molecule has 1 fully saturated rings. The summed E-state index contributed by atoms with van der Waals surface area (Å²) in [5.41, 5.74) is 0. The molecule has 0 aromatic carbocycles. The Morgan fingerprint density at radius 3 is 3.07 bits per heavy atom. The predicted molar refractivity (Wildman–Crippen MR) is 56.0 cm³/mol. The molecule has 1 aromatic heterocycles. The van der Waals surface area contributed by atoms with Gasteiger partial charge in [0.15, 0.2) is 17.4 Å². The van der Waals surface area contributed by atoms with E-state index in [9.17, 15) is 4.79 Å². The van der Waals surface area contributed by atoms with Crippen LogP contribution < -0.4 is 0 Å². The highest BCUT2D eigenvalue weighted by Gasteiger charge is 2.26. The standard InChI is InChI=1S/C11H16N2O2/c1-3-13-5-4-9(7-13)11-12-6-10(15-11)8(2)14/h6,9H,3-5,7H2,1-2H3. The van der Waals surface area contributed by atoms with Crippen LogP contribution >= 0.6 is 0 Å². The van der Waals surface area contributed by atoms with Gasteiger partial charge >= 0.3 is 0 Å². The molecule has 1 saturated heterocycles. The maximum absolute atomic E-state index is 11.0. The molecule has 1 aromatic rings. The molecule has 0 spiro atoms. The Morgan fingerprint density at radius 1 is 1.73 bits per heavy atom. The maximum Gasteiger partial charge on any atom is 0.199 e. The van der Waals surface area contributed by atoms with Crippen molar-refractivity contribution in [3.8, 4) is 0 Å². The number of carbonyl (C=O) groups is 1. The number of aromatic nitrogens is 1. The quantitative estimate of drug-likeness (QED) is 0.709. The second kappa shape index (κ2) is 4.14. The molecule has 1 aliphatic rings. The molecule has 1 aliphatic heterocycles. The summed E-state index contributed by atoms with van der Waals surface area (Å²) in [6.45, 7) is 6.81. The summed E-state index contributed by atoms with van der Waals surface area (Å²) >= 11 is 0. The number of rotatable bonds is 3. The van der Waals surface area contributed by atoms with Crippen LogP contribution in [0.25, 0.3) is 0 Å². The van der Waals surface area contributed by atoms with Crippen molar-refractivity contribution >= 4 is 5.78 Å². The Balaban J connectivity index is 2.07. The molecule has 0 aliphatic carbocycles. The van der Waals surface area contributed by atoms with E-state index >= 15 is 0 Å². The minimum Gasteiger partial charge on any atom is -0.437 e. The Labute approximate surface area is 89.3 Å². The van der Waals surface area contributed by atoms with Crippen LogP contribution in [0.3, 0.4) is 0 Å². The van der Waals surface area contributed by atoms with Gasteiger partial charge in [0.25, 0.3) is 0 Å². The normalized spacial score (nSPS) is 22.1. The Morgan fingerprint density at radius 2 is 2.53 bits per heavy atom. The van der Waals surface area contributed by atoms with E-state index in [1.165, 1.54) is 13.1 Å². The van der Waals surface area contributed by atoms with Crippen molar-refractivity contribution in [1.29, 1.82) is 0 Å². The number of nitrogens with zero attached hydrogens (tertiary/aromatic N) is 2. The molecule has 1 atom stereocenters. The van der Waals surface area contributed by atoms with Gasteiger partial charge in [0.05, 0.1) is 6.20 Å². The second-order valence-corrected chi connectivity index (χ2v) is 4.00. The molecule has 0 bridgehead atoms. The van der Waals surface area contributed by atoms with Crippen LogP contribution in [0.2, 0.25) is 0 Å². The van der Waals surface area contributed by atoms with Crippen LogP contribution in [0.1, 0.15) is 42.6 Å². The highest BCUT2D eigenvalue weighted by atomic mass is 16.4. The Bertz CT molecular complexity index is 359. The lowest BCUT2D eigenvalue weighted by molar-refractivity contribution is 0.0985. The Kier molecular flexibility index (Phi) is 2.86. The lowest BCUT2D eigenvalue weighted by atomic mass is 10.1. The molecule has 2 heterocycles. The van der Waals surface area contributed by atoms with Crippen LogP contribution in [0.4, 0.5) is 0 Å². The van der Waals surface area contributed by atoms with E-state index < -0.39 is 0 Å². The minimum absolute atomic E-state index is 0.0564. The van der Waals surface area contributed by atoms with Gasteiger partial charge in [-0.05, 0) is 19.5 Å². The number of likely N-dealkylation sites (N-methyl/N-ethyl adjacent to an activating group) is 1. The van der Waals surface area contributed by atoms with Gasteiger partial charge in [-0.15, -0.1) is 0 Å². The number of carbonyl (C=O) groups excluding carboxylic acids is 1. The van der Waals surface area contributed by atoms with E-state index in [4.69, 9.17) is 4.42 Å². The molecule has 1 unspecified atom stereocenters. The molecule has 0 amide bonds. The third-order valence-corrected chi connectivity index (χ3v) is 2.94. The van der Waals surface area contributed by atoms with Crippen LogP contribution in [-0.2, 0) is 0 Å². The fourth-order valence-corrected chi connectivity index (χ4v) is 1.96. The average molecular weight is 208 g/mol. The van der Waals surface area contributed by atoms with Crippen molar-refractivity contribution < 1.29 is 9.21 Å². The predicted octanol–water partition coefficient (Wildman–Crippen LogP) is 1.69. The molecule has 4 nitrogen and oxygen atoms in total. The van der Waals surface area contributed by atoms with Crippen LogP contribution in [0.15, 0.2) is 10.6 Å². The van der Waals surface area contributed by atoms with E-state index in [0.29, 0.717) is 11.7 Å². The first-order chi connectivity index (χ1) is 7.20. The largest absolute Gasteiger partial charge is 0.437 e. The zero-order chi connectivity index (χ0) is 10.8. The molecule has 0 N–H and O–H groups in total. The summed E-state index contributed by atoms with van der Waals surface area (Å²) in [4.78, 5) is 17.6. The monoisotopic (exact) mass is 208 g/mol. The average Bonchev–Trinajstić information content (AvgIpc) is 2.86. The van der Waals surface area contributed by atoms with Crippen molar-refractivity contribution in [2.24, 2.45) is 0 Å². The van der Waals surface area contributed by atoms with Crippen molar-refractivity contribution in [1.82, 2.24) is 9.88 Å². The highest BCUT2D eigenvalue weighted by molar-refractivity contribution is 5.90. The zero-order valence-electron chi connectivity index (χ0n) is 9.19. The van der Waals surface area contributed by atoms with Gasteiger partial charge in [-0.2, -0.15) is 0 Å². The second-order valence-electron chi connectivity index (χ2n) is 4.00. The third kappa shape index (κ3) is 2.09. The van der Waals surface area contributed by atoms with Gasteiger partial charge in [0, 0.05) is 19.4 Å². The minimum atomic E-state index is -0.0564. The van der Waals surface area contributed by atoms with Gasteiger partial charge in [-0.3, -0.25) is 4.79 Å². The van der Waals surface area contributed by atoms with E-state index in [0.717, 1.165) is 31.9 Å². The molecule has 4 heteroatoms. The fraction of sp³-hybridized carbons (Fsp3) is 0.636. The van der Waals surface area contributed by atoms with Crippen molar-refractivity contribution in [3.05, 3.63) is 17.8 Å². The first-order valence-electron chi connectivity index (χ1n) is 5.39. The Hall–Kier alpha value is -1.16. The third-order valence-electron chi connectivity index (χ3n) is 2.94. The number of hydrogen-bond acceptors (Lipinski definition) is 4. The van der Waals surface area contributed by atoms with Gasteiger partial charge < -0.3 is 9.32 Å². The summed E-state index contributed by atoms with van der Waals surface area (Å²) in [7, 11) is 0. The van der Waals surface area contributed by atoms with Gasteiger partial charge in [-0.1, -0.05) is 6.92 Å². The van der Waals surface area contributed by atoms with E-state index in [2.05, 4.69) is 16.8 Å². The SMILES string of the molecule is CCN1CCC(c2ncc(C(C)=O)o2)C1. The molecule has 2 rings (SSSR count). The highest BCUT2D eigenvalue weighted by Crippen LogP contribution is 2.26. The molecular weight excluding hydrogens is 192 g/mol. The number of Topliss-reactive ketones (excluding diaryl/α,β-unsaturated/α-hetero) is 1. The fourth-order valence-electron chi connectivity index (χ4n) is 1.96. The molecule has 82 valence electrons. The van der Waals surface area contributed by atoms with E-state index in [1.54, 1.807) is 0 Å². The first-order valence-corrected chi connectivity index (χ1v) is 5.39. The summed E-state index contributed by atoms with van der Waals surface area (Å²) in [6, 6.07) is 0. The number of oxazole rings is 1. The molecular formula is C11H16N2O2. The van der Waals surface area contributed by atoms with Crippen LogP contribution in [-0.4, -0.2) is 35.3 Å². The summed E-state index contributed by atoms with van der Waals surface area (Å²) in [5, 5.41) is 0. The van der Waals surface area contributed by atoms with Crippen LogP contribution in [0, 0.1) is 0 Å². The zero-order valence-corrected chi connectivity index (χ0v) is 9.19. The maximum atomic E-state index is 11.0. The van der Waals surface area contributed by atoms with Crippen molar-refractivity contribution in [2.75, 3.05) is 19.6 Å². The van der Waals surface area contributed by atoms with Crippen LogP contribution in [0.5, 0.6) is 0 Å². The number of likely N-dealkylation sites (tertiary alicyclic amines) is 1. The smallest absolute Gasteiger partial charge is 0.199 e. The molecule has 0 saturated carbocycles. The van der Waals surface area contributed by atoms with E-state index in [-0.39, 0.29) is 5.78 Å². The van der Waals surface area contributed by atoms with E-state index in [1.807, 2.05) is 0 Å². The van der Waals surface area contributed by atoms with Crippen molar-refractivity contribution in [2.45, 2.75) is 26.2 Å². The van der Waals surface area contributed by atoms with Gasteiger partial charge in [0.1, 0.15) is 0 Å². The molecule has 0 radical (unpaired) electrons. The lowest BCUT2D eigenvalue weighted by Crippen LogP contribution is -2.19. The van der Waals surface area contributed by atoms with Gasteiger partial charge in [0.2, 0.25) is 0 Å². The molecule has 15 heavy (non-hydrogen) atoms. The lowest BCUT2D eigenvalue weighted by Gasteiger charge is -2.10. The van der Waals surface area contributed by atoms with Gasteiger partial charge in [-0.25, -0.2) is 4.98 Å². The number of hydrogen-bond donors (Lipinski definition) is 0. The first kappa shape index (κ1) is 10.4. The number of ketones is 1. The summed E-state index contributed by atoms with van der Waals surface area (Å²) in [5.74, 6) is 1.40.